The smallest absolute Gasteiger partial charge is 0.240 e. The Morgan fingerprint density at radius 1 is 0.964 bits per heavy atom. The van der Waals surface area contributed by atoms with Crippen LogP contribution in [0.4, 0.5) is 0 Å². The van der Waals surface area contributed by atoms with Gasteiger partial charge in [-0.3, -0.25) is 9.59 Å². The number of carbonyl (C=O) groups is 2. The fourth-order valence-corrected chi connectivity index (χ4v) is 3.68. The Morgan fingerprint density at radius 3 is 2.43 bits per heavy atom. The van der Waals surface area contributed by atoms with E-state index in [4.69, 9.17) is 10.2 Å². The van der Waals surface area contributed by atoms with Crippen LogP contribution in [0.1, 0.15) is 23.3 Å². The number of amides is 2. The average molecular weight is 374 g/mol. The van der Waals surface area contributed by atoms with E-state index in [1.54, 1.807) is 4.90 Å². The Morgan fingerprint density at radius 2 is 1.68 bits per heavy atom. The molecule has 0 saturated heterocycles. The van der Waals surface area contributed by atoms with E-state index in [1.807, 2.05) is 66.7 Å². The number of benzene rings is 2. The molecule has 142 valence electrons. The summed E-state index contributed by atoms with van der Waals surface area (Å²) in [5, 5.41) is 0. The molecule has 5 nitrogen and oxygen atoms in total. The summed E-state index contributed by atoms with van der Waals surface area (Å²) in [5.74, 6) is 0.980. The number of fused-ring (bicyclic) bond motifs is 1. The van der Waals surface area contributed by atoms with E-state index in [0.29, 0.717) is 19.4 Å². The zero-order valence-corrected chi connectivity index (χ0v) is 15.5. The zero-order chi connectivity index (χ0) is 19.5. The first-order valence-corrected chi connectivity index (χ1v) is 9.41. The van der Waals surface area contributed by atoms with E-state index in [-0.39, 0.29) is 12.3 Å². The van der Waals surface area contributed by atoms with E-state index in [2.05, 4.69) is 0 Å². The minimum Gasteiger partial charge on any atom is -0.461 e. The standard InChI is InChI=1S/C23H22N2O3/c24-23(27)20-14-17-8-4-5-9-18(17)15-25(20)22(26)13-11-19-10-12-21(28-19)16-6-2-1-3-7-16/h1-10,12,20H,11,13-15H2,(H2,24,27)/t20-/m0/s1. The molecule has 2 heterocycles. The van der Waals surface area contributed by atoms with Crippen LogP contribution in [0.15, 0.2) is 71.1 Å². The molecule has 1 aliphatic heterocycles. The van der Waals surface area contributed by atoms with Crippen LogP contribution in [0.3, 0.4) is 0 Å². The molecular weight excluding hydrogens is 352 g/mol. The van der Waals surface area contributed by atoms with Crippen LogP contribution in [0.25, 0.3) is 11.3 Å². The summed E-state index contributed by atoms with van der Waals surface area (Å²) in [4.78, 5) is 26.4. The first-order valence-electron chi connectivity index (χ1n) is 9.41. The largest absolute Gasteiger partial charge is 0.461 e. The third-order valence-corrected chi connectivity index (χ3v) is 5.20. The van der Waals surface area contributed by atoms with Gasteiger partial charge in [0.1, 0.15) is 17.6 Å². The molecule has 4 rings (SSSR count). The number of hydrogen-bond acceptors (Lipinski definition) is 3. The highest BCUT2D eigenvalue weighted by molar-refractivity contribution is 5.87. The molecule has 2 amide bonds. The molecule has 0 aliphatic carbocycles. The predicted molar refractivity (Wildman–Crippen MR) is 106 cm³/mol. The Bertz CT molecular complexity index is 994. The molecule has 2 aromatic carbocycles. The molecule has 0 bridgehead atoms. The molecule has 28 heavy (non-hydrogen) atoms. The van der Waals surface area contributed by atoms with Gasteiger partial charge in [0.2, 0.25) is 11.8 Å². The van der Waals surface area contributed by atoms with Crippen molar-refractivity contribution in [2.45, 2.75) is 31.8 Å². The van der Waals surface area contributed by atoms with Crippen molar-refractivity contribution >= 4 is 11.8 Å². The number of nitrogens with two attached hydrogens (primary N) is 1. The molecule has 0 spiro atoms. The van der Waals surface area contributed by atoms with E-state index in [0.717, 1.165) is 28.2 Å². The molecule has 1 atom stereocenters. The third-order valence-electron chi connectivity index (χ3n) is 5.20. The van der Waals surface area contributed by atoms with Crippen molar-refractivity contribution in [1.82, 2.24) is 4.90 Å². The third kappa shape index (κ3) is 3.69. The van der Waals surface area contributed by atoms with Gasteiger partial charge >= 0.3 is 0 Å². The van der Waals surface area contributed by atoms with Crippen LogP contribution in [-0.2, 0) is 29.0 Å². The SMILES string of the molecule is NC(=O)[C@@H]1Cc2ccccc2CN1C(=O)CCc1ccc(-c2ccccc2)o1. The molecule has 5 heteroatoms. The van der Waals surface area contributed by atoms with Crippen molar-refractivity contribution in [2.24, 2.45) is 5.73 Å². The van der Waals surface area contributed by atoms with Gasteiger partial charge in [0.25, 0.3) is 0 Å². The van der Waals surface area contributed by atoms with Gasteiger partial charge in [-0.25, -0.2) is 0 Å². The topological polar surface area (TPSA) is 76.5 Å². The maximum Gasteiger partial charge on any atom is 0.240 e. The summed E-state index contributed by atoms with van der Waals surface area (Å²) in [6.45, 7) is 0.413. The first-order chi connectivity index (χ1) is 13.6. The van der Waals surface area contributed by atoms with Crippen molar-refractivity contribution in [3.63, 3.8) is 0 Å². The van der Waals surface area contributed by atoms with Gasteiger partial charge in [-0.1, -0.05) is 54.6 Å². The molecular formula is C23H22N2O3. The van der Waals surface area contributed by atoms with Gasteiger partial charge in [-0.2, -0.15) is 0 Å². The molecule has 0 unspecified atom stereocenters. The van der Waals surface area contributed by atoms with E-state index in [9.17, 15) is 9.59 Å². The fourth-order valence-electron chi connectivity index (χ4n) is 3.68. The lowest BCUT2D eigenvalue weighted by Crippen LogP contribution is -2.51. The Hall–Kier alpha value is -3.34. The maximum absolute atomic E-state index is 12.8. The van der Waals surface area contributed by atoms with Gasteiger partial charge in [-0.15, -0.1) is 0 Å². The minimum atomic E-state index is -0.598. The predicted octanol–water partition coefficient (Wildman–Crippen LogP) is 3.32. The second kappa shape index (κ2) is 7.72. The summed E-state index contributed by atoms with van der Waals surface area (Å²) in [6.07, 6.45) is 1.22. The Kier molecular flexibility index (Phi) is 4.98. The monoisotopic (exact) mass is 374 g/mol. The van der Waals surface area contributed by atoms with Gasteiger partial charge < -0.3 is 15.1 Å². The first kappa shape index (κ1) is 18.0. The normalized spacial score (nSPS) is 15.9. The van der Waals surface area contributed by atoms with Crippen LogP contribution in [0.5, 0.6) is 0 Å². The lowest BCUT2D eigenvalue weighted by atomic mass is 9.93. The number of hydrogen-bond donors (Lipinski definition) is 1. The number of nitrogens with zero attached hydrogens (tertiary/aromatic N) is 1. The van der Waals surface area contributed by atoms with Gasteiger partial charge in [0.05, 0.1) is 0 Å². The molecule has 1 aromatic heterocycles. The van der Waals surface area contributed by atoms with Crippen molar-refractivity contribution in [3.05, 3.63) is 83.6 Å². The number of furan rings is 1. The Balaban J connectivity index is 1.44. The summed E-state index contributed by atoms with van der Waals surface area (Å²) in [6, 6.07) is 20.9. The van der Waals surface area contributed by atoms with Crippen molar-refractivity contribution in [3.8, 4) is 11.3 Å². The number of primary amides is 1. The van der Waals surface area contributed by atoms with Crippen LogP contribution in [-0.4, -0.2) is 22.8 Å². The van der Waals surface area contributed by atoms with E-state index >= 15 is 0 Å². The summed E-state index contributed by atoms with van der Waals surface area (Å²) in [5.41, 5.74) is 8.72. The molecule has 3 aromatic rings. The zero-order valence-electron chi connectivity index (χ0n) is 15.5. The highest BCUT2D eigenvalue weighted by Gasteiger charge is 2.32. The second-order valence-corrected chi connectivity index (χ2v) is 7.04. The van der Waals surface area contributed by atoms with E-state index in [1.165, 1.54) is 0 Å². The van der Waals surface area contributed by atoms with Crippen molar-refractivity contribution in [1.29, 1.82) is 0 Å². The Labute approximate surface area is 163 Å². The van der Waals surface area contributed by atoms with E-state index < -0.39 is 11.9 Å². The number of rotatable bonds is 5. The van der Waals surface area contributed by atoms with Gasteiger partial charge in [-0.05, 0) is 23.3 Å². The van der Waals surface area contributed by atoms with Gasteiger partial charge in [0, 0.05) is 31.4 Å². The lowest BCUT2D eigenvalue weighted by Gasteiger charge is -2.35. The number of carbonyl (C=O) groups excluding carboxylic acids is 2. The maximum atomic E-state index is 12.8. The fraction of sp³-hybridized carbons (Fsp3) is 0.217. The number of aryl methyl sites for hydroxylation is 1. The molecule has 0 saturated carbocycles. The molecule has 2 N–H and O–H groups in total. The van der Waals surface area contributed by atoms with Crippen LogP contribution in [0, 0.1) is 0 Å². The summed E-state index contributed by atoms with van der Waals surface area (Å²) in [7, 11) is 0. The van der Waals surface area contributed by atoms with Crippen molar-refractivity contribution < 1.29 is 14.0 Å². The summed E-state index contributed by atoms with van der Waals surface area (Å²) >= 11 is 0. The summed E-state index contributed by atoms with van der Waals surface area (Å²) < 4.78 is 5.88. The van der Waals surface area contributed by atoms with Crippen LogP contribution in [0.2, 0.25) is 0 Å². The molecule has 1 aliphatic rings. The highest BCUT2D eigenvalue weighted by Crippen LogP contribution is 2.25. The second-order valence-electron chi connectivity index (χ2n) is 7.04. The highest BCUT2D eigenvalue weighted by atomic mass is 16.3. The van der Waals surface area contributed by atoms with Crippen molar-refractivity contribution in [2.75, 3.05) is 0 Å². The molecule has 0 fully saturated rings. The van der Waals surface area contributed by atoms with Gasteiger partial charge in [0.15, 0.2) is 0 Å². The molecule has 0 radical (unpaired) electrons. The average Bonchev–Trinajstić information content (AvgIpc) is 3.20. The van der Waals surface area contributed by atoms with Crippen LogP contribution >= 0.6 is 0 Å². The van der Waals surface area contributed by atoms with Crippen LogP contribution < -0.4 is 5.73 Å². The quantitative estimate of drug-likeness (QED) is 0.744. The lowest BCUT2D eigenvalue weighted by molar-refractivity contribution is -0.140. The minimum absolute atomic E-state index is 0.0871.